The van der Waals surface area contributed by atoms with Crippen LogP contribution < -0.4 is 20.7 Å². The van der Waals surface area contributed by atoms with Gasteiger partial charge in [-0.1, -0.05) is 134 Å². The summed E-state index contributed by atoms with van der Waals surface area (Å²) in [6.07, 6.45) is 3.36. The van der Waals surface area contributed by atoms with Gasteiger partial charge in [0.2, 0.25) is 0 Å². The number of hydrogen-bond acceptors (Lipinski definition) is 0. The second kappa shape index (κ2) is 17.8. The Morgan fingerprint density at radius 3 is 1.22 bits per heavy atom. The fourth-order valence-electron chi connectivity index (χ4n) is 3.90. The second-order valence-electron chi connectivity index (χ2n) is 11.6. The molecule has 1 unspecified atom stereocenters. The Kier molecular flexibility index (Phi) is 21.2. The van der Waals surface area contributed by atoms with E-state index in [-0.39, 0.29) is 66.4 Å². The van der Waals surface area contributed by atoms with E-state index >= 15 is 0 Å². The molecule has 1 atom stereocenters. The largest absolute Gasteiger partial charge is 2.00 e. The first kappa shape index (κ1) is 44.2. The molecule has 0 aromatic heterocycles. The van der Waals surface area contributed by atoms with Crippen LogP contribution in [0.4, 0.5) is 0 Å². The van der Waals surface area contributed by atoms with Crippen molar-refractivity contribution in [2.45, 2.75) is 80.8 Å². The molecular formula is C30H49Cl3Si3Ti. The topological polar surface area (TPSA) is 0 Å². The minimum Gasteiger partial charge on any atom is -0.358 e. The molecule has 0 amide bonds. The Morgan fingerprint density at radius 2 is 1.00 bits per heavy atom. The normalized spacial score (nSPS) is 14.4. The van der Waals surface area contributed by atoms with Crippen LogP contribution in [0.5, 0.6) is 0 Å². The number of halogens is 3. The molecule has 0 spiro atoms. The third kappa shape index (κ3) is 13.4. The van der Waals surface area contributed by atoms with Crippen LogP contribution in [0, 0.1) is 33.3 Å². The molecule has 0 fully saturated rings. The van der Waals surface area contributed by atoms with Crippen molar-refractivity contribution in [1.29, 1.82) is 0 Å². The molecule has 2 radical (unpaired) electrons. The van der Waals surface area contributed by atoms with E-state index in [1.807, 2.05) is 0 Å². The summed E-state index contributed by atoms with van der Waals surface area (Å²) < 4.78 is 0. The van der Waals surface area contributed by atoms with Crippen LogP contribution >= 0.6 is 37.2 Å². The van der Waals surface area contributed by atoms with Gasteiger partial charge in [0, 0.05) is 0 Å². The molecule has 0 bridgehead atoms. The van der Waals surface area contributed by atoms with Crippen LogP contribution in [0.15, 0.2) is 53.1 Å². The van der Waals surface area contributed by atoms with Gasteiger partial charge in [0.25, 0.3) is 0 Å². The minimum absolute atomic E-state index is 0. The van der Waals surface area contributed by atoms with Gasteiger partial charge in [0.1, 0.15) is 9.52 Å². The predicted octanol–water partition coefficient (Wildman–Crippen LogP) is 7.48. The molecule has 2 aromatic carbocycles. The smallest absolute Gasteiger partial charge is 0.358 e. The first-order valence-corrected chi connectivity index (χ1v) is 19.9. The van der Waals surface area contributed by atoms with Crippen LogP contribution in [0.25, 0.3) is 0 Å². The van der Waals surface area contributed by atoms with Crippen LogP contribution in [0.2, 0.25) is 39.3 Å². The summed E-state index contributed by atoms with van der Waals surface area (Å²) in [7, 11) is -1.74. The van der Waals surface area contributed by atoms with Gasteiger partial charge in [-0.25, -0.2) is 5.57 Å². The molecule has 0 heterocycles. The maximum atomic E-state index is 3.36. The van der Waals surface area contributed by atoms with Gasteiger partial charge in [-0.15, -0.1) is 44.1 Å². The van der Waals surface area contributed by atoms with E-state index in [1.165, 1.54) is 38.2 Å². The SMILES string of the molecule is CC1=[C-]C(C)C(C)=C1C.Cc1cc([Si]c2cc(C)cc([Si](C)(C)C)c2)cc([Si](C)(C)C)c1.Cl.Cl.Cl.[CH3-].[Ti+2]. The quantitative estimate of drug-likeness (QED) is 0.238. The monoisotopic (exact) mass is 646 g/mol. The molecule has 37 heavy (non-hydrogen) atoms. The second-order valence-corrected chi connectivity index (χ2v) is 23.2. The van der Waals surface area contributed by atoms with Gasteiger partial charge in [-0.05, 0) is 13.8 Å². The minimum atomic E-state index is -1.25. The van der Waals surface area contributed by atoms with E-state index < -0.39 is 16.1 Å². The van der Waals surface area contributed by atoms with Gasteiger partial charge in [-0.2, -0.15) is 11.1 Å². The number of allylic oxidation sites excluding steroid dienone is 4. The van der Waals surface area contributed by atoms with Crippen molar-refractivity contribution >= 4 is 83.6 Å². The standard InChI is InChI=1S/C20H30Si3.C9H13.CH3.3ClH.Ti/c1-15-9-17(13-19(11-15)22(3,4)5)21-18-10-16(2)12-20(14-18)23(6,7)8;1-6-5-7(2)9(4)8(6)3;;;;;/h9-14H,1-8H3;6H,1-4H3;1H3;3*1H;/q;2*-1;;;;+2. The first-order valence-electron chi connectivity index (χ1n) is 11.9. The Hall–Kier alpha value is 0.155. The molecule has 1 aliphatic carbocycles. The molecule has 0 saturated heterocycles. The predicted molar refractivity (Wildman–Crippen MR) is 181 cm³/mol. The maximum Gasteiger partial charge on any atom is 2.00 e. The van der Waals surface area contributed by atoms with E-state index in [0.29, 0.717) is 5.92 Å². The fourth-order valence-corrected chi connectivity index (χ4v) is 8.08. The Balaban J connectivity index is -0.000000336. The molecule has 3 rings (SSSR count). The van der Waals surface area contributed by atoms with Crippen molar-refractivity contribution in [2.75, 3.05) is 0 Å². The molecule has 0 saturated carbocycles. The number of rotatable bonds is 4. The molecule has 206 valence electrons. The van der Waals surface area contributed by atoms with Gasteiger partial charge in [0.05, 0.1) is 16.1 Å². The fraction of sp³-hybridized carbons (Fsp3) is 0.433. The average molecular weight is 648 g/mol. The average Bonchev–Trinajstić information content (AvgIpc) is 2.85. The summed E-state index contributed by atoms with van der Waals surface area (Å²) in [5.74, 6) is 0.560. The van der Waals surface area contributed by atoms with Crippen LogP contribution in [0.1, 0.15) is 38.8 Å². The van der Waals surface area contributed by atoms with E-state index in [4.69, 9.17) is 0 Å². The van der Waals surface area contributed by atoms with Gasteiger partial charge >= 0.3 is 21.7 Å². The third-order valence-electron chi connectivity index (χ3n) is 6.41. The summed E-state index contributed by atoms with van der Waals surface area (Å²) in [4.78, 5) is 0. The molecular weight excluding hydrogens is 599 g/mol. The van der Waals surface area contributed by atoms with E-state index in [9.17, 15) is 0 Å². The number of hydrogen-bond donors (Lipinski definition) is 0. The zero-order valence-electron chi connectivity index (χ0n) is 25.3. The Bertz CT molecular complexity index is 988. The van der Waals surface area contributed by atoms with E-state index in [2.05, 4.69) is 123 Å². The number of aryl methyl sites for hydroxylation is 2. The zero-order valence-corrected chi connectivity index (χ0v) is 32.3. The molecule has 0 nitrogen and oxygen atoms in total. The van der Waals surface area contributed by atoms with Crippen molar-refractivity contribution < 1.29 is 21.7 Å². The third-order valence-corrected chi connectivity index (χ3v) is 11.6. The Labute approximate surface area is 267 Å². The first-order chi connectivity index (χ1) is 14.6. The van der Waals surface area contributed by atoms with E-state index in [0.717, 1.165) is 9.52 Å². The summed E-state index contributed by atoms with van der Waals surface area (Å²) in [5.41, 5.74) is 7.06. The van der Waals surface area contributed by atoms with Gasteiger partial charge in [0.15, 0.2) is 0 Å². The maximum absolute atomic E-state index is 3.36. The van der Waals surface area contributed by atoms with E-state index in [1.54, 1.807) is 10.4 Å². The van der Waals surface area contributed by atoms with Crippen molar-refractivity contribution in [1.82, 2.24) is 0 Å². The molecule has 7 heteroatoms. The van der Waals surface area contributed by atoms with Crippen molar-refractivity contribution in [3.63, 3.8) is 0 Å². The summed E-state index contributed by atoms with van der Waals surface area (Å²) in [6, 6.07) is 14.5. The Morgan fingerprint density at radius 1 is 0.649 bits per heavy atom. The molecule has 0 aliphatic heterocycles. The zero-order chi connectivity index (χ0) is 24.4. The molecule has 1 aliphatic rings. The molecule has 2 aromatic rings. The van der Waals surface area contributed by atoms with Crippen LogP contribution in [-0.2, 0) is 21.7 Å². The van der Waals surface area contributed by atoms with Crippen LogP contribution in [-0.4, -0.2) is 25.7 Å². The summed E-state index contributed by atoms with van der Waals surface area (Å²) in [6.45, 7) is 27.8. The number of benzene rings is 2. The van der Waals surface area contributed by atoms with Gasteiger partial charge < -0.3 is 7.43 Å². The summed E-state index contributed by atoms with van der Waals surface area (Å²) in [5, 5.41) is 6.15. The van der Waals surface area contributed by atoms with Crippen LogP contribution in [0.3, 0.4) is 0 Å². The van der Waals surface area contributed by atoms with Crippen molar-refractivity contribution in [3.05, 3.63) is 77.7 Å². The summed E-state index contributed by atoms with van der Waals surface area (Å²) >= 11 is 0. The van der Waals surface area contributed by atoms with Crippen molar-refractivity contribution in [2.24, 2.45) is 5.92 Å². The van der Waals surface area contributed by atoms with Crippen molar-refractivity contribution in [3.8, 4) is 0 Å². The van der Waals surface area contributed by atoms with Gasteiger partial charge in [-0.3, -0.25) is 6.08 Å². The molecule has 0 N–H and O–H groups in total.